The molecule has 0 atom stereocenters. The van der Waals surface area contributed by atoms with E-state index in [1.165, 1.54) is 0 Å². The number of nitrogens with zero attached hydrogens (tertiary/aromatic N) is 1. The summed E-state index contributed by atoms with van der Waals surface area (Å²) in [5.74, 6) is 7.16. The predicted octanol–water partition coefficient (Wildman–Crippen LogP) is 5.36. The molecule has 1 aliphatic rings. The zero-order valence-corrected chi connectivity index (χ0v) is 22.2. The molecule has 7 heteroatoms. The molecule has 1 aliphatic heterocycles. The molecule has 2 aromatic rings. The van der Waals surface area contributed by atoms with Crippen molar-refractivity contribution < 1.29 is 14.4 Å². The van der Waals surface area contributed by atoms with Gasteiger partial charge in [0.25, 0.3) is 0 Å². The van der Waals surface area contributed by atoms with Crippen LogP contribution in [0.2, 0.25) is 0 Å². The highest BCUT2D eigenvalue weighted by molar-refractivity contribution is 8.77. The Balaban J connectivity index is 1.49. The highest BCUT2D eigenvalue weighted by Gasteiger charge is 2.22. The molecule has 0 saturated heterocycles. The van der Waals surface area contributed by atoms with Gasteiger partial charge in [-0.3, -0.25) is 9.59 Å². The zero-order chi connectivity index (χ0) is 25.3. The first kappa shape index (κ1) is 26.9. The Kier molecular flexibility index (Phi) is 9.88. The summed E-state index contributed by atoms with van der Waals surface area (Å²) in [7, 11) is 3.44. The molecule has 0 aromatic heterocycles. The van der Waals surface area contributed by atoms with Crippen molar-refractivity contribution in [2.24, 2.45) is 0 Å². The number of nitrogens with one attached hydrogen (secondary N) is 1. The number of carbonyl (C=O) groups is 3. The Morgan fingerprint density at radius 2 is 1.66 bits per heavy atom. The summed E-state index contributed by atoms with van der Waals surface area (Å²) < 4.78 is 0.0120. The highest BCUT2D eigenvalue weighted by Crippen LogP contribution is 2.38. The second-order valence-corrected chi connectivity index (χ2v) is 12.2. The van der Waals surface area contributed by atoms with Crippen molar-refractivity contribution in [3.63, 3.8) is 0 Å². The Hall–Kier alpha value is -2.69. The van der Waals surface area contributed by atoms with Gasteiger partial charge in [0.15, 0.2) is 0 Å². The average Bonchev–Trinajstić information content (AvgIpc) is 2.82. The number of anilines is 1. The van der Waals surface area contributed by atoms with Crippen LogP contribution in [0, 0.1) is 11.8 Å². The van der Waals surface area contributed by atoms with E-state index < -0.39 is 0 Å². The second kappa shape index (κ2) is 12.9. The monoisotopic (exact) mass is 508 g/mol. The number of hydrogen-bond acceptors (Lipinski definition) is 5. The molecule has 3 rings (SSSR count). The molecule has 2 amide bonds. The van der Waals surface area contributed by atoms with Crippen LogP contribution in [0.3, 0.4) is 0 Å². The van der Waals surface area contributed by atoms with Crippen LogP contribution in [-0.4, -0.2) is 34.6 Å². The van der Waals surface area contributed by atoms with Crippen molar-refractivity contribution in [1.82, 2.24) is 5.32 Å². The van der Waals surface area contributed by atoms with Crippen LogP contribution in [0.4, 0.5) is 5.69 Å². The van der Waals surface area contributed by atoms with Crippen LogP contribution in [-0.2, 0) is 20.9 Å². The number of rotatable bonds is 11. The third-order valence-electron chi connectivity index (χ3n) is 5.61. The first-order valence-corrected chi connectivity index (χ1v) is 14.1. The van der Waals surface area contributed by atoms with Crippen LogP contribution in [0.1, 0.15) is 63.1 Å². The minimum absolute atomic E-state index is 0.0120. The summed E-state index contributed by atoms with van der Waals surface area (Å²) >= 11 is 0. The van der Waals surface area contributed by atoms with Crippen molar-refractivity contribution in [3.05, 3.63) is 65.2 Å². The summed E-state index contributed by atoms with van der Waals surface area (Å²) in [6.07, 6.45) is 1.71. The second-order valence-electron chi connectivity index (χ2n) is 9.12. The number of para-hydroxylation sites is 1. The van der Waals surface area contributed by atoms with E-state index in [0.717, 1.165) is 34.6 Å². The van der Waals surface area contributed by atoms with E-state index >= 15 is 0 Å². The van der Waals surface area contributed by atoms with Crippen LogP contribution in [0.5, 0.6) is 0 Å². The summed E-state index contributed by atoms with van der Waals surface area (Å²) in [4.78, 5) is 38.5. The Morgan fingerprint density at radius 3 is 2.43 bits per heavy atom. The Morgan fingerprint density at radius 1 is 0.971 bits per heavy atom. The number of benzene rings is 2. The minimum Gasteiger partial charge on any atom is -0.355 e. The molecule has 2 aromatic carbocycles. The number of ketones is 1. The molecule has 5 nitrogen and oxygen atoms in total. The molecule has 0 fully saturated rings. The molecule has 184 valence electrons. The van der Waals surface area contributed by atoms with Crippen LogP contribution < -0.4 is 10.2 Å². The molecule has 0 aliphatic carbocycles. The minimum atomic E-state index is -0.125. The van der Waals surface area contributed by atoms with Gasteiger partial charge in [-0.2, -0.15) is 0 Å². The van der Waals surface area contributed by atoms with E-state index in [2.05, 4.69) is 31.0 Å². The van der Waals surface area contributed by atoms with E-state index in [1.54, 1.807) is 33.4 Å². The van der Waals surface area contributed by atoms with Crippen LogP contribution in [0.15, 0.2) is 48.5 Å². The van der Waals surface area contributed by atoms with Crippen LogP contribution >= 0.6 is 21.6 Å². The van der Waals surface area contributed by atoms with E-state index in [0.29, 0.717) is 19.5 Å². The molecule has 0 radical (unpaired) electrons. The first-order valence-electron chi connectivity index (χ1n) is 11.8. The molecular weight excluding hydrogens is 476 g/mol. The molecule has 0 unspecified atom stereocenters. The zero-order valence-electron chi connectivity index (χ0n) is 20.6. The maximum atomic E-state index is 13.2. The van der Waals surface area contributed by atoms with E-state index in [1.807, 2.05) is 48.5 Å². The van der Waals surface area contributed by atoms with Gasteiger partial charge in [-0.1, -0.05) is 63.8 Å². The van der Waals surface area contributed by atoms with Crippen molar-refractivity contribution in [1.29, 1.82) is 0 Å². The fraction of sp³-hybridized carbons (Fsp3) is 0.393. The number of carbonyl (C=O) groups excluding carboxylic acids is 3. The van der Waals surface area contributed by atoms with Gasteiger partial charge in [-0.15, -0.1) is 0 Å². The van der Waals surface area contributed by atoms with E-state index in [-0.39, 0.29) is 35.2 Å². The topological polar surface area (TPSA) is 66.5 Å². The highest BCUT2D eigenvalue weighted by atomic mass is 33.1. The molecule has 0 spiro atoms. The van der Waals surface area contributed by atoms with Gasteiger partial charge >= 0.3 is 0 Å². The van der Waals surface area contributed by atoms with Crippen molar-refractivity contribution in [2.45, 2.75) is 57.7 Å². The maximum absolute atomic E-state index is 13.2. The third kappa shape index (κ3) is 8.48. The predicted molar refractivity (Wildman–Crippen MR) is 146 cm³/mol. The standard InChI is InChI=1S/C28H32N2O3S2/c1-21(31)16-17-28(2,3)35-34-19-18-29-26(32)14-15-27(33)30-20-24-10-5-4-8-22(24)12-13-23-9-6-7-11-25(23)30/h4-11H,14-20H2,1-3H3,(H,29,32). The smallest absolute Gasteiger partial charge is 0.227 e. The summed E-state index contributed by atoms with van der Waals surface area (Å²) in [6, 6.07) is 15.5. The lowest BCUT2D eigenvalue weighted by Crippen LogP contribution is -2.33. The molecule has 1 heterocycles. The quantitative estimate of drug-likeness (QED) is 0.252. The van der Waals surface area contributed by atoms with Gasteiger partial charge in [0, 0.05) is 47.4 Å². The van der Waals surface area contributed by atoms with E-state index in [4.69, 9.17) is 0 Å². The van der Waals surface area contributed by atoms with E-state index in [9.17, 15) is 14.4 Å². The Labute approximate surface area is 216 Å². The fourth-order valence-electron chi connectivity index (χ4n) is 3.60. The molecule has 1 N–H and O–H groups in total. The third-order valence-corrected chi connectivity index (χ3v) is 8.96. The van der Waals surface area contributed by atoms with Crippen molar-refractivity contribution in [2.75, 3.05) is 17.2 Å². The van der Waals surface area contributed by atoms with Crippen molar-refractivity contribution >= 4 is 44.9 Å². The maximum Gasteiger partial charge on any atom is 0.227 e. The number of fused-ring (bicyclic) bond motifs is 2. The van der Waals surface area contributed by atoms with Gasteiger partial charge in [0.05, 0.1) is 12.2 Å². The van der Waals surface area contributed by atoms with Gasteiger partial charge in [-0.05, 0) is 51.0 Å². The summed E-state index contributed by atoms with van der Waals surface area (Å²) in [5, 5.41) is 2.91. The average molecular weight is 509 g/mol. The SMILES string of the molecule is CC(=O)CCC(C)(C)SSCCNC(=O)CCC(=O)N1Cc2ccccc2C#Cc2ccccc21. The summed E-state index contributed by atoms with van der Waals surface area (Å²) in [5.41, 5.74) is 3.49. The van der Waals surface area contributed by atoms with Gasteiger partial charge in [0.2, 0.25) is 11.8 Å². The molecule has 35 heavy (non-hydrogen) atoms. The van der Waals surface area contributed by atoms with Crippen molar-refractivity contribution in [3.8, 4) is 11.8 Å². The number of amides is 2. The lowest BCUT2D eigenvalue weighted by molar-refractivity contribution is -0.125. The lowest BCUT2D eigenvalue weighted by atomic mass is 10.0. The number of hydrogen-bond donors (Lipinski definition) is 1. The summed E-state index contributed by atoms with van der Waals surface area (Å²) in [6.45, 7) is 6.85. The number of Topliss-reactive ketones (excluding diaryl/α,β-unsaturated/α-hetero) is 1. The first-order chi connectivity index (χ1) is 16.7. The molecule has 0 saturated carbocycles. The molecular formula is C28H32N2O3S2. The largest absolute Gasteiger partial charge is 0.355 e. The van der Waals surface area contributed by atoms with Crippen LogP contribution in [0.25, 0.3) is 0 Å². The molecule has 0 bridgehead atoms. The normalized spacial score (nSPS) is 12.4. The fourth-order valence-corrected chi connectivity index (χ4v) is 6.08. The Bertz CT molecular complexity index is 1130. The van der Waals surface area contributed by atoms with Gasteiger partial charge in [-0.25, -0.2) is 0 Å². The van der Waals surface area contributed by atoms with Gasteiger partial charge < -0.3 is 15.0 Å². The van der Waals surface area contributed by atoms with Gasteiger partial charge in [0.1, 0.15) is 5.78 Å². The lowest BCUT2D eigenvalue weighted by Gasteiger charge is -2.26.